The molecule has 0 spiro atoms. The molecule has 1 aliphatic heterocycles. The summed E-state index contributed by atoms with van der Waals surface area (Å²) in [6.45, 7) is 6.59. The fourth-order valence-corrected chi connectivity index (χ4v) is 2.46. The summed E-state index contributed by atoms with van der Waals surface area (Å²) < 4.78 is 0. The van der Waals surface area contributed by atoms with Crippen LogP contribution >= 0.6 is 0 Å². The Labute approximate surface area is 116 Å². The fourth-order valence-electron chi connectivity index (χ4n) is 2.46. The third kappa shape index (κ3) is 3.91. The lowest BCUT2D eigenvalue weighted by Gasteiger charge is -2.23. The topological polar surface area (TPSA) is 39.6 Å². The molecule has 1 aromatic heterocycles. The van der Waals surface area contributed by atoms with Crippen LogP contribution < -0.4 is 4.90 Å². The van der Waals surface area contributed by atoms with Crippen molar-refractivity contribution in [3.05, 3.63) is 24.0 Å². The van der Waals surface area contributed by atoms with Crippen molar-refractivity contribution in [3.63, 3.8) is 0 Å². The SMILES string of the molecule is CC[C@H](O)c1ccc(N(C)CCN2CCCC2)cn1. The zero-order valence-electron chi connectivity index (χ0n) is 12.0. The largest absolute Gasteiger partial charge is 0.387 e. The van der Waals surface area contributed by atoms with Gasteiger partial charge in [0.2, 0.25) is 0 Å². The first-order valence-corrected chi connectivity index (χ1v) is 7.28. The van der Waals surface area contributed by atoms with Gasteiger partial charge in [-0.15, -0.1) is 0 Å². The van der Waals surface area contributed by atoms with Gasteiger partial charge in [-0.2, -0.15) is 0 Å². The second kappa shape index (κ2) is 6.87. The van der Waals surface area contributed by atoms with Crippen LogP contribution in [0.5, 0.6) is 0 Å². The number of anilines is 1. The number of hydrogen-bond donors (Lipinski definition) is 1. The summed E-state index contributed by atoms with van der Waals surface area (Å²) in [5.41, 5.74) is 1.88. The van der Waals surface area contributed by atoms with Gasteiger partial charge in [-0.1, -0.05) is 6.92 Å². The molecule has 1 fully saturated rings. The lowest BCUT2D eigenvalue weighted by atomic mass is 10.2. The molecule has 106 valence electrons. The van der Waals surface area contributed by atoms with Crippen molar-refractivity contribution in [1.29, 1.82) is 0 Å². The Morgan fingerprint density at radius 3 is 2.68 bits per heavy atom. The average Bonchev–Trinajstić information content (AvgIpc) is 2.97. The van der Waals surface area contributed by atoms with Gasteiger partial charge in [-0.05, 0) is 44.5 Å². The lowest BCUT2D eigenvalue weighted by molar-refractivity contribution is 0.169. The molecule has 19 heavy (non-hydrogen) atoms. The average molecular weight is 263 g/mol. The monoisotopic (exact) mass is 263 g/mol. The van der Waals surface area contributed by atoms with E-state index in [-0.39, 0.29) is 0 Å². The minimum atomic E-state index is -0.441. The van der Waals surface area contributed by atoms with Gasteiger partial charge in [0, 0.05) is 20.1 Å². The molecule has 1 saturated heterocycles. The number of hydrogen-bond acceptors (Lipinski definition) is 4. The molecule has 4 heteroatoms. The molecule has 1 aromatic rings. The van der Waals surface area contributed by atoms with E-state index < -0.39 is 6.10 Å². The van der Waals surface area contributed by atoms with E-state index >= 15 is 0 Å². The first-order valence-electron chi connectivity index (χ1n) is 7.28. The number of aliphatic hydroxyl groups is 1. The van der Waals surface area contributed by atoms with Crippen LogP contribution in [0.25, 0.3) is 0 Å². The van der Waals surface area contributed by atoms with Crippen molar-refractivity contribution in [2.75, 3.05) is 38.1 Å². The van der Waals surface area contributed by atoms with Gasteiger partial charge in [-0.25, -0.2) is 0 Å². The van der Waals surface area contributed by atoms with Gasteiger partial charge >= 0.3 is 0 Å². The zero-order chi connectivity index (χ0) is 13.7. The maximum absolute atomic E-state index is 9.72. The summed E-state index contributed by atoms with van der Waals surface area (Å²) in [5.74, 6) is 0. The van der Waals surface area contributed by atoms with Gasteiger partial charge in [0.05, 0.1) is 23.7 Å². The number of nitrogens with zero attached hydrogens (tertiary/aromatic N) is 3. The summed E-state index contributed by atoms with van der Waals surface area (Å²) in [4.78, 5) is 9.09. The maximum atomic E-state index is 9.72. The van der Waals surface area contributed by atoms with E-state index in [1.54, 1.807) is 0 Å². The molecular weight excluding hydrogens is 238 g/mol. The van der Waals surface area contributed by atoms with E-state index in [4.69, 9.17) is 0 Å². The van der Waals surface area contributed by atoms with Crippen molar-refractivity contribution in [3.8, 4) is 0 Å². The molecule has 4 nitrogen and oxygen atoms in total. The molecule has 0 bridgehead atoms. The Morgan fingerprint density at radius 2 is 2.11 bits per heavy atom. The molecule has 0 aromatic carbocycles. The summed E-state index contributed by atoms with van der Waals surface area (Å²) in [7, 11) is 2.10. The minimum absolute atomic E-state index is 0.441. The van der Waals surface area contributed by atoms with E-state index in [0.717, 1.165) is 24.5 Å². The minimum Gasteiger partial charge on any atom is -0.387 e. The third-order valence-electron chi connectivity index (χ3n) is 3.89. The standard InChI is InChI=1S/C15H25N3O/c1-3-15(19)14-7-6-13(12-16-14)17(2)10-11-18-8-4-5-9-18/h6-7,12,15,19H,3-5,8-11H2,1-2H3/t15-/m0/s1. The summed E-state index contributed by atoms with van der Waals surface area (Å²) in [5, 5.41) is 9.72. The number of likely N-dealkylation sites (N-methyl/N-ethyl adjacent to an activating group) is 1. The quantitative estimate of drug-likeness (QED) is 0.853. The summed E-state index contributed by atoms with van der Waals surface area (Å²) in [6, 6.07) is 3.97. The molecular formula is C15H25N3O. The Morgan fingerprint density at radius 1 is 1.37 bits per heavy atom. The lowest BCUT2D eigenvalue weighted by Crippen LogP contribution is -2.31. The molecule has 2 heterocycles. The maximum Gasteiger partial charge on any atom is 0.0957 e. The third-order valence-corrected chi connectivity index (χ3v) is 3.89. The van der Waals surface area contributed by atoms with Crippen LogP contribution in [0.3, 0.4) is 0 Å². The van der Waals surface area contributed by atoms with Crippen molar-refractivity contribution in [1.82, 2.24) is 9.88 Å². The van der Waals surface area contributed by atoms with E-state index in [2.05, 4.69) is 21.8 Å². The molecule has 1 aliphatic rings. The van der Waals surface area contributed by atoms with Gasteiger partial charge in [-0.3, -0.25) is 4.98 Å². The van der Waals surface area contributed by atoms with Crippen molar-refractivity contribution in [2.45, 2.75) is 32.3 Å². The number of pyridine rings is 1. The number of aliphatic hydroxyl groups excluding tert-OH is 1. The van der Waals surface area contributed by atoms with Crippen LogP contribution in [0.1, 0.15) is 38.0 Å². The van der Waals surface area contributed by atoms with Gasteiger partial charge < -0.3 is 14.9 Å². The second-order valence-corrected chi connectivity index (χ2v) is 5.34. The highest BCUT2D eigenvalue weighted by atomic mass is 16.3. The zero-order valence-corrected chi connectivity index (χ0v) is 12.0. The van der Waals surface area contributed by atoms with E-state index in [0.29, 0.717) is 6.42 Å². The normalized spacial score (nSPS) is 17.6. The Balaban J connectivity index is 1.86. The smallest absolute Gasteiger partial charge is 0.0957 e. The Bertz CT molecular complexity index is 373. The Kier molecular flexibility index (Phi) is 5.16. The van der Waals surface area contributed by atoms with Crippen molar-refractivity contribution < 1.29 is 5.11 Å². The van der Waals surface area contributed by atoms with Crippen LogP contribution in [-0.4, -0.2) is 48.2 Å². The molecule has 0 radical (unpaired) electrons. The first kappa shape index (κ1) is 14.3. The van der Waals surface area contributed by atoms with Crippen LogP contribution in [0, 0.1) is 0 Å². The van der Waals surface area contributed by atoms with E-state index in [1.807, 2.05) is 25.3 Å². The number of aromatic nitrogens is 1. The van der Waals surface area contributed by atoms with Gasteiger partial charge in [0.1, 0.15) is 0 Å². The molecule has 0 unspecified atom stereocenters. The predicted octanol–water partition coefficient (Wildman–Crippen LogP) is 2.06. The second-order valence-electron chi connectivity index (χ2n) is 5.34. The summed E-state index contributed by atoms with van der Waals surface area (Å²) in [6.07, 6.45) is 4.81. The van der Waals surface area contributed by atoms with Gasteiger partial charge in [0.25, 0.3) is 0 Å². The number of likely N-dealkylation sites (tertiary alicyclic amines) is 1. The number of rotatable bonds is 6. The highest BCUT2D eigenvalue weighted by Gasteiger charge is 2.12. The molecule has 0 saturated carbocycles. The summed E-state index contributed by atoms with van der Waals surface area (Å²) >= 11 is 0. The molecule has 1 N–H and O–H groups in total. The molecule has 1 atom stereocenters. The van der Waals surface area contributed by atoms with Crippen molar-refractivity contribution >= 4 is 5.69 Å². The Hall–Kier alpha value is -1.13. The van der Waals surface area contributed by atoms with Crippen LogP contribution in [0.2, 0.25) is 0 Å². The van der Waals surface area contributed by atoms with Crippen LogP contribution in [-0.2, 0) is 0 Å². The van der Waals surface area contributed by atoms with Crippen LogP contribution in [0.4, 0.5) is 5.69 Å². The van der Waals surface area contributed by atoms with Gasteiger partial charge in [0.15, 0.2) is 0 Å². The molecule has 0 aliphatic carbocycles. The highest BCUT2D eigenvalue weighted by molar-refractivity contribution is 5.43. The van der Waals surface area contributed by atoms with Crippen molar-refractivity contribution in [2.24, 2.45) is 0 Å². The molecule has 0 amide bonds. The van der Waals surface area contributed by atoms with Crippen LogP contribution in [0.15, 0.2) is 18.3 Å². The van der Waals surface area contributed by atoms with E-state index in [1.165, 1.54) is 25.9 Å². The fraction of sp³-hybridized carbons (Fsp3) is 0.667. The highest BCUT2D eigenvalue weighted by Crippen LogP contribution is 2.17. The predicted molar refractivity (Wildman–Crippen MR) is 78.4 cm³/mol. The molecule has 2 rings (SSSR count). The first-order chi connectivity index (χ1) is 9.20. The van der Waals surface area contributed by atoms with E-state index in [9.17, 15) is 5.11 Å².